The normalized spacial score (nSPS) is 13.6. The molecule has 0 aromatic heterocycles. The van der Waals surface area contributed by atoms with Gasteiger partial charge in [-0.25, -0.2) is 0 Å². The van der Waals surface area contributed by atoms with Crippen LogP contribution in [0.25, 0.3) is 6.08 Å². The highest BCUT2D eigenvalue weighted by atomic mass is 16.5. The Balaban J connectivity index is 2.50. The molecule has 0 radical (unpaired) electrons. The molecule has 0 fully saturated rings. The first kappa shape index (κ1) is 16.9. The van der Waals surface area contributed by atoms with Gasteiger partial charge in [0, 0.05) is 32.8 Å². The third-order valence-electron chi connectivity index (χ3n) is 2.93. The molecule has 0 bridgehead atoms. The average Bonchev–Trinajstić information content (AvgIpc) is 2.49. The first-order valence-corrected chi connectivity index (χ1v) is 6.64. The molecule has 0 heterocycles. The molecule has 0 spiro atoms. The highest BCUT2D eigenvalue weighted by Crippen LogP contribution is 2.08. The second kappa shape index (κ2) is 8.20. The molecule has 1 rings (SSSR count). The van der Waals surface area contributed by atoms with Crippen LogP contribution >= 0.6 is 0 Å². The van der Waals surface area contributed by atoms with E-state index >= 15 is 0 Å². The lowest BCUT2D eigenvalue weighted by molar-refractivity contribution is -0.117. The highest BCUT2D eigenvalue weighted by molar-refractivity contribution is 5.91. The molecule has 0 aliphatic rings. The average molecular weight is 288 g/mol. The fourth-order valence-corrected chi connectivity index (χ4v) is 1.63. The first-order chi connectivity index (χ1) is 9.96. The molecule has 1 aromatic rings. The van der Waals surface area contributed by atoms with Crippen molar-refractivity contribution in [3.05, 3.63) is 41.5 Å². The van der Waals surface area contributed by atoms with Crippen molar-refractivity contribution in [2.45, 2.75) is 18.9 Å². The minimum Gasteiger partial charge on any atom is -0.388 e. The zero-order valence-corrected chi connectivity index (χ0v) is 12.3. The molecule has 1 unspecified atom stereocenters. The summed E-state index contributed by atoms with van der Waals surface area (Å²) in [4.78, 5) is 11.7. The molecule has 2 N–H and O–H groups in total. The number of carbonyl (C=O) groups excluding carboxylic acids is 1. The standard InChI is InChI=1S/C16H20N2O3/c1-16(20,8-9-21-2)12-18-15(19)7-6-13-4-3-5-14(10-13)11-17/h3-7,10,20H,8-9,12H2,1-2H3,(H,18,19)/b7-6+. The van der Waals surface area contributed by atoms with Gasteiger partial charge in [-0.15, -0.1) is 0 Å². The molecule has 0 saturated heterocycles. The van der Waals surface area contributed by atoms with Crippen molar-refractivity contribution >= 4 is 12.0 Å². The van der Waals surface area contributed by atoms with Gasteiger partial charge in [0.05, 0.1) is 17.2 Å². The van der Waals surface area contributed by atoms with Crippen LogP contribution < -0.4 is 5.32 Å². The number of nitrogens with one attached hydrogen (secondary N) is 1. The third-order valence-corrected chi connectivity index (χ3v) is 2.93. The molecule has 5 nitrogen and oxygen atoms in total. The second-order valence-corrected chi connectivity index (χ2v) is 5.03. The van der Waals surface area contributed by atoms with Crippen LogP contribution in [0.2, 0.25) is 0 Å². The van der Waals surface area contributed by atoms with Crippen LogP contribution in [-0.2, 0) is 9.53 Å². The predicted octanol–water partition coefficient (Wildman–Crippen LogP) is 1.48. The van der Waals surface area contributed by atoms with Gasteiger partial charge >= 0.3 is 0 Å². The predicted molar refractivity (Wildman–Crippen MR) is 80.3 cm³/mol. The summed E-state index contributed by atoms with van der Waals surface area (Å²) >= 11 is 0. The summed E-state index contributed by atoms with van der Waals surface area (Å²) in [7, 11) is 1.56. The van der Waals surface area contributed by atoms with E-state index < -0.39 is 5.60 Å². The van der Waals surface area contributed by atoms with Crippen molar-refractivity contribution in [3.8, 4) is 6.07 Å². The Bertz CT molecular complexity index is 545. The Morgan fingerprint density at radius 3 is 3.00 bits per heavy atom. The first-order valence-electron chi connectivity index (χ1n) is 6.64. The van der Waals surface area contributed by atoms with Gasteiger partial charge in [0.15, 0.2) is 0 Å². The van der Waals surface area contributed by atoms with Gasteiger partial charge in [-0.3, -0.25) is 4.79 Å². The van der Waals surface area contributed by atoms with Gasteiger partial charge in [-0.2, -0.15) is 5.26 Å². The Morgan fingerprint density at radius 1 is 1.57 bits per heavy atom. The van der Waals surface area contributed by atoms with Crippen LogP contribution in [0, 0.1) is 11.3 Å². The van der Waals surface area contributed by atoms with Crippen molar-refractivity contribution in [1.29, 1.82) is 5.26 Å². The van der Waals surface area contributed by atoms with Gasteiger partial charge in [-0.05, 0) is 30.7 Å². The van der Waals surface area contributed by atoms with Crippen LogP contribution in [0.3, 0.4) is 0 Å². The molecule has 0 aliphatic carbocycles. The van der Waals surface area contributed by atoms with Crippen molar-refractivity contribution < 1.29 is 14.6 Å². The number of hydrogen-bond donors (Lipinski definition) is 2. The smallest absolute Gasteiger partial charge is 0.244 e. The molecule has 0 saturated carbocycles. The van der Waals surface area contributed by atoms with E-state index in [0.717, 1.165) is 5.56 Å². The van der Waals surface area contributed by atoms with E-state index in [-0.39, 0.29) is 12.5 Å². The lowest BCUT2D eigenvalue weighted by Crippen LogP contribution is -2.40. The molecule has 1 amide bonds. The zero-order chi connectivity index (χ0) is 15.7. The SMILES string of the molecule is COCCC(C)(O)CNC(=O)/C=C/c1cccc(C#N)c1. The molecule has 112 valence electrons. The van der Waals surface area contributed by atoms with E-state index in [0.29, 0.717) is 18.6 Å². The molecule has 0 aliphatic heterocycles. The van der Waals surface area contributed by atoms with Gasteiger partial charge in [0.1, 0.15) is 0 Å². The number of carbonyl (C=O) groups is 1. The summed E-state index contributed by atoms with van der Waals surface area (Å²) in [5.74, 6) is -0.296. The maximum atomic E-state index is 11.7. The van der Waals surface area contributed by atoms with Crippen molar-refractivity contribution in [1.82, 2.24) is 5.32 Å². The Hall–Kier alpha value is -2.16. The monoisotopic (exact) mass is 288 g/mol. The Morgan fingerprint density at radius 2 is 2.33 bits per heavy atom. The molecule has 1 atom stereocenters. The fourth-order valence-electron chi connectivity index (χ4n) is 1.63. The Kier molecular flexibility index (Phi) is 6.60. The largest absolute Gasteiger partial charge is 0.388 e. The molecule has 5 heteroatoms. The number of nitriles is 1. The van der Waals surface area contributed by atoms with Gasteiger partial charge in [0.25, 0.3) is 0 Å². The van der Waals surface area contributed by atoms with Gasteiger partial charge in [-0.1, -0.05) is 12.1 Å². The molecule has 1 aromatic carbocycles. The summed E-state index contributed by atoms with van der Waals surface area (Å²) in [6, 6.07) is 8.99. The summed E-state index contributed by atoms with van der Waals surface area (Å²) in [5, 5.41) is 21.4. The summed E-state index contributed by atoms with van der Waals surface area (Å²) in [5.41, 5.74) is 0.315. The van der Waals surface area contributed by atoms with E-state index in [2.05, 4.69) is 5.32 Å². The van der Waals surface area contributed by atoms with E-state index in [1.807, 2.05) is 6.07 Å². The maximum absolute atomic E-state index is 11.7. The number of ether oxygens (including phenoxy) is 1. The number of aliphatic hydroxyl groups is 1. The lowest BCUT2D eigenvalue weighted by Gasteiger charge is -2.22. The molecular weight excluding hydrogens is 268 g/mol. The van der Waals surface area contributed by atoms with Gasteiger partial charge in [0.2, 0.25) is 5.91 Å². The number of amides is 1. The topological polar surface area (TPSA) is 82.3 Å². The van der Waals surface area contributed by atoms with Crippen LogP contribution in [-0.4, -0.2) is 36.9 Å². The summed E-state index contributed by atoms with van der Waals surface area (Å²) in [6.07, 6.45) is 3.45. The minimum atomic E-state index is -1.000. The minimum absolute atomic E-state index is 0.151. The van der Waals surface area contributed by atoms with Crippen LogP contribution in [0.4, 0.5) is 0 Å². The number of methoxy groups -OCH3 is 1. The van der Waals surface area contributed by atoms with E-state index in [1.165, 1.54) is 6.08 Å². The van der Waals surface area contributed by atoms with E-state index in [1.54, 1.807) is 44.4 Å². The number of hydrogen-bond acceptors (Lipinski definition) is 4. The van der Waals surface area contributed by atoms with E-state index in [9.17, 15) is 9.90 Å². The molecular formula is C16H20N2O3. The number of benzene rings is 1. The van der Waals surface area contributed by atoms with Crippen molar-refractivity contribution in [2.75, 3.05) is 20.3 Å². The zero-order valence-electron chi connectivity index (χ0n) is 12.3. The Labute approximate surface area is 124 Å². The highest BCUT2D eigenvalue weighted by Gasteiger charge is 2.20. The number of rotatable bonds is 7. The summed E-state index contributed by atoms with van der Waals surface area (Å²) < 4.78 is 4.90. The van der Waals surface area contributed by atoms with Crippen LogP contribution in [0.5, 0.6) is 0 Å². The third kappa shape index (κ3) is 6.70. The van der Waals surface area contributed by atoms with Crippen molar-refractivity contribution in [2.24, 2.45) is 0 Å². The van der Waals surface area contributed by atoms with Gasteiger partial charge < -0.3 is 15.2 Å². The second-order valence-electron chi connectivity index (χ2n) is 5.03. The van der Waals surface area contributed by atoms with Crippen LogP contribution in [0.1, 0.15) is 24.5 Å². The van der Waals surface area contributed by atoms with E-state index in [4.69, 9.17) is 10.00 Å². The lowest BCUT2D eigenvalue weighted by atomic mass is 10.0. The summed E-state index contributed by atoms with van der Waals surface area (Å²) in [6.45, 7) is 2.23. The van der Waals surface area contributed by atoms with Crippen LogP contribution in [0.15, 0.2) is 30.3 Å². The quantitative estimate of drug-likeness (QED) is 0.744. The van der Waals surface area contributed by atoms with Crippen molar-refractivity contribution in [3.63, 3.8) is 0 Å². The number of nitrogens with zero attached hydrogens (tertiary/aromatic N) is 1. The molecule has 21 heavy (non-hydrogen) atoms. The fraction of sp³-hybridized carbons (Fsp3) is 0.375. The maximum Gasteiger partial charge on any atom is 0.244 e.